The molecule has 1 aromatic rings. The van der Waals surface area contributed by atoms with E-state index in [0.717, 1.165) is 15.5 Å². The van der Waals surface area contributed by atoms with E-state index in [-0.39, 0.29) is 0 Å². The smallest absolute Gasteiger partial charge is 0.0412 e. The molecule has 0 spiro atoms. The molecular weight excluding hydrogens is 180 g/mol. The van der Waals surface area contributed by atoms with Crippen molar-refractivity contribution in [1.82, 2.24) is 0 Å². The molecule has 0 saturated carbocycles. The van der Waals surface area contributed by atoms with Gasteiger partial charge in [0.1, 0.15) is 0 Å². The van der Waals surface area contributed by atoms with E-state index < -0.39 is 11.2 Å². The summed E-state index contributed by atoms with van der Waals surface area (Å²) in [6.45, 7) is 0. The van der Waals surface area contributed by atoms with E-state index in [1.807, 2.05) is 23.6 Å². The number of thiol groups is 1. The predicted molar refractivity (Wildman–Crippen MR) is 50.4 cm³/mol. The molecule has 1 unspecified atom stereocenters. The molecule has 58 valence electrons. The van der Waals surface area contributed by atoms with Gasteiger partial charge < -0.3 is 4.55 Å². The van der Waals surface area contributed by atoms with Gasteiger partial charge in [-0.25, -0.2) is 0 Å². The molecule has 0 aliphatic carbocycles. The Labute approximate surface area is 72.9 Å². The van der Waals surface area contributed by atoms with Crippen LogP contribution in [-0.4, -0.2) is 4.55 Å². The highest BCUT2D eigenvalue weighted by molar-refractivity contribution is 8.15. The van der Waals surface area contributed by atoms with Crippen LogP contribution in [-0.2, 0) is 0 Å². The first-order valence-corrected chi connectivity index (χ1v) is 4.97. The number of hydrogen-bond acceptors (Lipinski definition) is 1. The van der Waals surface area contributed by atoms with Gasteiger partial charge in [-0.05, 0) is 35.2 Å². The van der Waals surface area contributed by atoms with E-state index in [1.54, 1.807) is 6.07 Å². The van der Waals surface area contributed by atoms with Crippen molar-refractivity contribution in [2.24, 2.45) is 0 Å². The van der Waals surface area contributed by atoms with E-state index in [0.29, 0.717) is 0 Å². The fraction of sp³-hybridized carbons (Fsp3) is 0. The van der Waals surface area contributed by atoms with E-state index in [4.69, 9.17) is 11.6 Å². The molecule has 0 bridgehead atoms. The highest BCUT2D eigenvalue weighted by Crippen LogP contribution is 2.43. The summed E-state index contributed by atoms with van der Waals surface area (Å²) in [5.41, 5.74) is 1.05. The maximum atomic E-state index is 9.41. The highest BCUT2D eigenvalue weighted by atomic mass is 35.5. The zero-order valence-corrected chi connectivity index (χ0v) is 7.31. The van der Waals surface area contributed by atoms with E-state index >= 15 is 0 Å². The summed E-state index contributed by atoms with van der Waals surface area (Å²) in [5.74, 6) is 0. The van der Waals surface area contributed by atoms with E-state index in [1.165, 1.54) is 0 Å². The zero-order chi connectivity index (χ0) is 7.84. The number of fused-ring (bicyclic) bond motifs is 1. The average molecular weight is 187 g/mol. The molecule has 2 rings (SSSR count). The Bertz CT molecular complexity index is 322. The Morgan fingerprint density at radius 2 is 2.18 bits per heavy atom. The van der Waals surface area contributed by atoms with Gasteiger partial charge in [0.25, 0.3) is 0 Å². The monoisotopic (exact) mass is 186 g/mol. The fourth-order valence-electron chi connectivity index (χ4n) is 1.10. The summed E-state index contributed by atoms with van der Waals surface area (Å²) in [7, 11) is 0. The minimum absolute atomic E-state index is 0.721. The van der Waals surface area contributed by atoms with Gasteiger partial charge in [-0.3, -0.25) is 0 Å². The SMILES string of the molecule is O[SH]1C=Cc2cc(Cl)ccc21. The highest BCUT2D eigenvalue weighted by Gasteiger charge is 2.10. The Balaban J connectivity index is 2.58. The number of rotatable bonds is 0. The van der Waals surface area contributed by atoms with Crippen molar-refractivity contribution in [3.63, 3.8) is 0 Å². The summed E-state index contributed by atoms with van der Waals surface area (Å²) >= 11 is 4.73. The number of halogens is 1. The molecule has 1 aliphatic heterocycles. The standard InChI is InChI=1S/C8H7ClOS/c9-7-1-2-8-6(5-7)3-4-11(8)10/h1-5,10-11H. The summed E-state index contributed by atoms with van der Waals surface area (Å²) in [6, 6.07) is 5.55. The van der Waals surface area contributed by atoms with Gasteiger partial charge in [-0.2, -0.15) is 0 Å². The normalized spacial score (nSPS) is 23.6. The first-order valence-electron chi connectivity index (χ1n) is 3.23. The van der Waals surface area contributed by atoms with Crippen molar-refractivity contribution < 1.29 is 4.55 Å². The number of benzene rings is 1. The fourth-order valence-corrected chi connectivity index (χ4v) is 2.37. The predicted octanol–water partition coefficient (Wildman–Crippen LogP) is 3.16. The lowest BCUT2D eigenvalue weighted by atomic mass is 10.2. The molecule has 11 heavy (non-hydrogen) atoms. The van der Waals surface area contributed by atoms with Gasteiger partial charge >= 0.3 is 0 Å². The van der Waals surface area contributed by atoms with Crippen LogP contribution in [0.2, 0.25) is 5.02 Å². The molecule has 1 N–H and O–H groups in total. The Hall–Kier alpha value is -0.440. The third kappa shape index (κ3) is 1.18. The minimum atomic E-state index is -1.03. The summed E-state index contributed by atoms with van der Waals surface area (Å²) in [6.07, 6.45) is 1.91. The first kappa shape index (κ1) is 7.22. The van der Waals surface area contributed by atoms with Crippen LogP contribution in [0, 0.1) is 0 Å². The molecule has 1 aliphatic rings. The van der Waals surface area contributed by atoms with Crippen LogP contribution in [0.1, 0.15) is 5.56 Å². The Morgan fingerprint density at radius 3 is 3.00 bits per heavy atom. The molecule has 0 amide bonds. The van der Waals surface area contributed by atoms with Crippen LogP contribution >= 0.6 is 22.8 Å². The molecular formula is C8H7ClOS. The van der Waals surface area contributed by atoms with Crippen molar-refractivity contribution in [3.05, 3.63) is 34.2 Å². The van der Waals surface area contributed by atoms with E-state index in [9.17, 15) is 4.55 Å². The molecule has 0 saturated heterocycles. The molecule has 0 fully saturated rings. The van der Waals surface area contributed by atoms with Crippen molar-refractivity contribution in [3.8, 4) is 0 Å². The molecule has 0 aromatic heterocycles. The lowest BCUT2D eigenvalue weighted by Gasteiger charge is -2.05. The quantitative estimate of drug-likeness (QED) is 0.597. The summed E-state index contributed by atoms with van der Waals surface area (Å²) in [5, 5.41) is 2.54. The van der Waals surface area contributed by atoms with Crippen molar-refractivity contribution in [1.29, 1.82) is 0 Å². The zero-order valence-electron chi connectivity index (χ0n) is 5.66. The van der Waals surface area contributed by atoms with Gasteiger partial charge in [0.2, 0.25) is 0 Å². The van der Waals surface area contributed by atoms with Gasteiger partial charge in [-0.1, -0.05) is 11.6 Å². The van der Waals surface area contributed by atoms with Gasteiger partial charge in [0.05, 0.1) is 0 Å². The Kier molecular flexibility index (Phi) is 1.68. The van der Waals surface area contributed by atoms with Crippen LogP contribution in [0.4, 0.5) is 0 Å². The van der Waals surface area contributed by atoms with Crippen molar-refractivity contribution in [2.45, 2.75) is 4.90 Å². The van der Waals surface area contributed by atoms with Crippen molar-refractivity contribution >= 4 is 28.9 Å². The maximum absolute atomic E-state index is 9.41. The molecule has 1 atom stereocenters. The molecule has 1 aromatic carbocycles. The second-order valence-electron chi connectivity index (χ2n) is 2.36. The van der Waals surface area contributed by atoms with E-state index in [2.05, 4.69) is 0 Å². The van der Waals surface area contributed by atoms with Crippen LogP contribution in [0.15, 0.2) is 28.5 Å². The van der Waals surface area contributed by atoms with Crippen LogP contribution in [0.5, 0.6) is 0 Å². The lowest BCUT2D eigenvalue weighted by molar-refractivity contribution is 0.655. The van der Waals surface area contributed by atoms with Crippen LogP contribution in [0.3, 0.4) is 0 Å². The summed E-state index contributed by atoms with van der Waals surface area (Å²) in [4.78, 5) is 1.00. The van der Waals surface area contributed by atoms with Crippen molar-refractivity contribution in [2.75, 3.05) is 0 Å². The molecule has 1 heterocycles. The van der Waals surface area contributed by atoms with Gasteiger partial charge in [-0.15, -0.1) is 11.2 Å². The summed E-state index contributed by atoms with van der Waals surface area (Å²) < 4.78 is 9.41. The van der Waals surface area contributed by atoms with Crippen LogP contribution in [0.25, 0.3) is 6.08 Å². The third-order valence-electron chi connectivity index (χ3n) is 1.63. The minimum Gasteiger partial charge on any atom is -0.346 e. The average Bonchev–Trinajstić information content (AvgIpc) is 2.32. The third-order valence-corrected chi connectivity index (χ3v) is 3.20. The second-order valence-corrected chi connectivity index (χ2v) is 4.27. The molecule has 3 heteroatoms. The molecule has 1 nitrogen and oxygen atoms in total. The molecule has 0 radical (unpaired) electrons. The topological polar surface area (TPSA) is 20.2 Å². The van der Waals surface area contributed by atoms with Gasteiger partial charge in [0, 0.05) is 9.92 Å². The van der Waals surface area contributed by atoms with Gasteiger partial charge in [0.15, 0.2) is 0 Å². The largest absolute Gasteiger partial charge is 0.346 e. The maximum Gasteiger partial charge on any atom is 0.0412 e. The Morgan fingerprint density at radius 1 is 1.36 bits per heavy atom. The van der Waals surface area contributed by atoms with Crippen LogP contribution < -0.4 is 0 Å². The lowest BCUT2D eigenvalue weighted by Crippen LogP contribution is -1.77. The first-order chi connectivity index (χ1) is 5.27. The number of hydrogen-bond donors (Lipinski definition) is 2. The second kappa shape index (κ2) is 2.55.